The van der Waals surface area contributed by atoms with E-state index in [4.69, 9.17) is 4.74 Å². The Morgan fingerprint density at radius 2 is 2.19 bits per heavy atom. The highest BCUT2D eigenvalue weighted by Gasteiger charge is 2.57. The molecule has 16 heavy (non-hydrogen) atoms. The van der Waals surface area contributed by atoms with E-state index in [-0.39, 0.29) is 11.0 Å². The Balaban J connectivity index is 2.23. The fourth-order valence-electron chi connectivity index (χ4n) is 2.29. The lowest BCUT2D eigenvalue weighted by atomic mass is 9.56. The van der Waals surface area contributed by atoms with Crippen LogP contribution in [0, 0.1) is 5.41 Å². The third kappa shape index (κ3) is 2.63. The molecule has 1 aliphatic carbocycles. The molecule has 1 fully saturated rings. The van der Waals surface area contributed by atoms with Crippen molar-refractivity contribution >= 4 is 11.8 Å². The molecule has 2 unspecified atom stereocenters. The Bertz CT molecular complexity index is 242. The summed E-state index contributed by atoms with van der Waals surface area (Å²) in [5, 5.41) is 3.62. The molecule has 0 saturated heterocycles. The van der Waals surface area contributed by atoms with Crippen molar-refractivity contribution in [3.05, 3.63) is 12.7 Å². The van der Waals surface area contributed by atoms with Gasteiger partial charge < -0.3 is 10.1 Å². The number of hydrogen-bond acceptors (Lipinski definition) is 3. The first-order valence-corrected chi connectivity index (χ1v) is 7.10. The van der Waals surface area contributed by atoms with Crippen LogP contribution < -0.4 is 5.32 Å². The minimum Gasteiger partial charge on any atom is -0.378 e. The Morgan fingerprint density at radius 3 is 2.69 bits per heavy atom. The molecule has 0 spiro atoms. The van der Waals surface area contributed by atoms with Crippen LogP contribution in [0.15, 0.2) is 12.7 Å². The van der Waals surface area contributed by atoms with Gasteiger partial charge in [-0.2, -0.15) is 11.8 Å². The molecule has 1 aliphatic rings. The van der Waals surface area contributed by atoms with Gasteiger partial charge in [0.1, 0.15) is 0 Å². The van der Waals surface area contributed by atoms with Gasteiger partial charge in [-0.15, -0.1) is 6.58 Å². The van der Waals surface area contributed by atoms with Crippen molar-refractivity contribution in [1.82, 2.24) is 5.32 Å². The highest BCUT2D eigenvalue weighted by Crippen LogP contribution is 2.51. The van der Waals surface area contributed by atoms with Gasteiger partial charge in [-0.3, -0.25) is 0 Å². The lowest BCUT2D eigenvalue weighted by Crippen LogP contribution is -2.68. The molecule has 94 valence electrons. The minimum atomic E-state index is 0.0406. The number of rotatable bonds is 7. The number of methoxy groups -OCH3 is 1. The van der Waals surface area contributed by atoms with Gasteiger partial charge in [0, 0.05) is 36.6 Å². The van der Waals surface area contributed by atoms with Crippen LogP contribution >= 0.6 is 11.8 Å². The molecule has 0 amide bonds. The molecule has 0 radical (unpaired) electrons. The molecule has 2 atom stereocenters. The number of thioether (sulfide) groups is 1. The number of nitrogens with one attached hydrogen (secondary N) is 1. The molecule has 0 aromatic rings. The normalized spacial score (nSPS) is 32.1. The molecular formula is C13H25NOS. The third-order valence-electron chi connectivity index (χ3n) is 4.15. The van der Waals surface area contributed by atoms with Crippen LogP contribution in [0.5, 0.6) is 0 Å². The molecule has 1 rings (SSSR count). The smallest absolute Gasteiger partial charge is 0.0731 e. The molecule has 0 bridgehead atoms. The maximum absolute atomic E-state index is 5.61. The minimum absolute atomic E-state index is 0.0406. The van der Waals surface area contributed by atoms with E-state index < -0.39 is 0 Å². The quantitative estimate of drug-likeness (QED) is 0.549. The topological polar surface area (TPSA) is 21.3 Å². The molecular weight excluding hydrogens is 218 g/mol. The monoisotopic (exact) mass is 243 g/mol. The van der Waals surface area contributed by atoms with E-state index in [0.29, 0.717) is 6.04 Å². The van der Waals surface area contributed by atoms with Crippen molar-refractivity contribution in [1.29, 1.82) is 0 Å². The van der Waals surface area contributed by atoms with Gasteiger partial charge in [-0.05, 0) is 13.3 Å². The maximum atomic E-state index is 5.61. The van der Waals surface area contributed by atoms with Crippen LogP contribution in [-0.2, 0) is 4.74 Å². The van der Waals surface area contributed by atoms with E-state index in [1.165, 1.54) is 0 Å². The molecule has 1 saturated carbocycles. The first-order chi connectivity index (χ1) is 7.48. The predicted octanol–water partition coefficient (Wildman–Crippen LogP) is 2.70. The van der Waals surface area contributed by atoms with E-state index in [1.807, 2.05) is 24.9 Å². The van der Waals surface area contributed by atoms with Crippen molar-refractivity contribution < 1.29 is 4.74 Å². The second-order valence-electron chi connectivity index (χ2n) is 5.23. The molecule has 2 nitrogen and oxygen atoms in total. The van der Waals surface area contributed by atoms with E-state index in [2.05, 4.69) is 32.7 Å². The second-order valence-corrected chi connectivity index (χ2v) is 6.38. The van der Waals surface area contributed by atoms with Crippen molar-refractivity contribution in [2.24, 2.45) is 5.41 Å². The molecule has 0 aliphatic heterocycles. The van der Waals surface area contributed by atoms with Crippen molar-refractivity contribution in [3.63, 3.8) is 0 Å². The van der Waals surface area contributed by atoms with Gasteiger partial charge in [0.2, 0.25) is 0 Å². The van der Waals surface area contributed by atoms with Crippen molar-refractivity contribution in [2.45, 2.75) is 38.8 Å². The largest absolute Gasteiger partial charge is 0.378 e. The molecule has 0 aromatic carbocycles. The van der Waals surface area contributed by atoms with E-state index >= 15 is 0 Å². The Labute approximate surface area is 104 Å². The lowest BCUT2D eigenvalue weighted by molar-refractivity contribution is -0.180. The van der Waals surface area contributed by atoms with Crippen LogP contribution in [0.25, 0.3) is 0 Å². The number of hydrogen-bond donors (Lipinski definition) is 1. The first-order valence-electron chi connectivity index (χ1n) is 5.95. The summed E-state index contributed by atoms with van der Waals surface area (Å²) in [6, 6.07) is 0.585. The summed E-state index contributed by atoms with van der Waals surface area (Å²) in [4.78, 5) is 0. The van der Waals surface area contributed by atoms with E-state index in [0.717, 1.165) is 24.5 Å². The molecule has 0 heterocycles. The zero-order valence-corrected chi connectivity index (χ0v) is 11.8. The van der Waals surface area contributed by atoms with Crippen LogP contribution in [0.3, 0.4) is 0 Å². The molecule has 3 heteroatoms. The summed E-state index contributed by atoms with van der Waals surface area (Å²) in [5.41, 5.74) is 0.268. The molecule has 0 aromatic heterocycles. The van der Waals surface area contributed by atoms with Gasteiger partial charge in [-0.1, -0.05) is 19.9 Å². The van der Waals surface area contributed by atoms with Gasteiger partial charge in [0.25, 0.3) is 0 Å². The van der Waals surface area contributed by atoms with Gasteiger partial charge in [0.05, 0.1) is 5.60 Å². The summed E-state index contributed by atoms with van der Waals surface area (Å²) < 4.78 is 5.61. The highest BCUT2D eigenvalue weighted by molar-refractivity contribution is 7.99. The van der Waals surface area contributed by atoms with Crippen LogP contribution in [0.4, 0.5) is 0 Å². The van der Waals surface area contributed by atoms with Gasteiger partial charge in [0.15, 0.2) is 0 Å². The third-order valence-corrected chi connectivity index (χ3v) is 5.12. The van der Waals surface area contributed by atoms with Gasteiger partial charge >= 0.3 is 0 Å². The standard InChI is InChI=1S/C13H25NOS/c1-6-8-16-9-7-14-11-10-13(4,15-5)12(11,2)3/h6,11,14H,1,7-10H2,2-5H3. The summed E-state index contributed by atoms with van der Waals surface area (Å²) in [5.74, 6) is 2.20. The van der Waals surface area contributed by atoms with Crippen LogP contribution in [0.1, 0.15) is 27.2 Å². The second kappa shape index (κ2) is 5.56. The van der Waals surface area contributed by atoms with Crippen LogP contribution in [0.2, 0.25) is 0 Å². The fraction of sp³-hybridized carbons (Fsp3) is 0.846. The summed E-state index contributed by atoms with van der Waals surface area (Å²) in [6.45, 7) is 11.6. The van der Waals surface area contributed by atoms with E-state index in [9.17, 15) is 0 Å². The summed E-state index contributed by atoms with van der Waals surface area (Å²) in [6.07, 6.45) is 3.07. The average Bonchev–Trinajstić information content (AvgIpc) is 2.26. The SMILES string of the molecule is C=CCSCCNC1CC(C)(OC)C1(C)C. The maximum Gasteiger partial charge on any atom is 0.0731 e. The molecule has 1 N–H and O–H groups in total. The summed E-state index contributed by atoms with van der Waals surface area (Å²) in [7, 11) is 1.82. The number of ether oxygens (including phenoxy) is 1. The van der Waals surface area contributed by atoms with Crippen molar-refractivity contribution in [2.75, 3.05) is 25.2 Å². The Morgan fingerprint density at radius 1 is 1.50 bits per heavy atom. The van der Waals surface area contributed by atoms with Crippen LogP contribution in [-0.4, -0.2) is 36.8 Å². The first kappa shape index (κ1) is 14.1. The Kier molecular flexibility index (Phi) is 4.89. The Hall–Kier alpha value is 0.01000. The van der Waals surface area contributed by atoms with Crippen molar-refractivity contribution in [3.8, 4) is 0 Å². The average molecular weight is 243 g/mol. The zero-order chi connectivity index (χ0) is 12.2. The highest BCUT2D eigenvalue weighted by atomic mass is 32.2. The van der Waals surface area contributed by atoms with Gasteiger partial charge in [-0.25, -0.2) is 0 Å². The zero-order valence-electron chi connectivity index (χ0n) is 11.0. The summed E-state index contributed by atoms with van der Waals surface area (Å²) >= 11 is 1.92. The van der Waals surface area contributed by atoms with E-state index in [1.54, 1.807) is 0 Å². The lowest BCUT2D eigenvalue weighted by Gasteiger charge is -2.59. The fourth-order valence-corrected chi connectivity index (χ4v) is 2.89. The predicted molar refractivity (Wildman–Crippen MR) is 73.1 cm³/mol.